The topological polar surface area (TPSA) is 79.2 Å². The van der Waals surface area contributed by atoms with E-state index in [9.17, 15) is 14.9 Å². The molecular formula is C14H16N2O3S. The molecule has 1 N–H and O–H groups in total. The average molecular weight is 292 g/mol. The van der Waals surface area contributed by atoms with Crippen molar-refractivity contribution in [2.24, 2.45) is 5.41 Å². The van der Waals surface area contributed by atoms with Crippen LogP contribution in [0.25, 0.3) is 0 Å². The standard InChI is InChI=1S/C14H16N2O3S/c1-4-9-8(2)20-11(10(9)7-15)16-12(17)14(5-6-14)13(18)19-3/h4-6H2,1-3H3,(H,16,17). The number of hydrogen-bond acceptors (Lipinski definition) is 5. The van der Waals surface area contributed by atoms with Gasteiger partial charge in [0.15, 0.2) is 0 Å². The summed E-state index contributed by atoms with van der Waals surface area (Å²) in [5, 5.41) is 12.5. The first-order valence-electron chi connectivity index (χ1n) is 6.42. The molecule has 2 rings (SSSR count). The molecule has 0 bridgehead atoms. The van der Waals surface area contributed by atoms with Gasteiger partial charge in [0.2, 0.25) is 5.91 Å². The van der Waals surface area contributed by atoms with Gasteiger partial charge in [-0.15, -0.1) is 11.3 Å². The average Bonchev–Trinajstić information content (AvgIpc) is 3.19. The van der Waals surface area contributed by atoms with Gasteiger partial charge < -0.3 is 10.1 Å². The Morgan fingerprint density at radius 2 is 2.15 bits per heavy atom. The Labute approximate surface area is 121 Å². The molecule has 1 heterocycles. The number of nitrogens with one attached hydrogen (secondary N) is 1. The molecule has 1 aliphatic carbocycles. The highest BCUT2D eigenvalue weighted by Gasteiger charge is 2.58. The number of ether oxygens (including phenoxy) is 1. The second-order valence-electron chi connectivity index (χ2n) is 4.83. The molecule has 5 nitrogen and oxygen atoms in total. The quantitative estimate of drug-likeness (QED) is 0.682. The molecule has 1 aliphatic rings. The zero-order valence-electron chi connectivity index (χ0n) is 11.7. The molecule has 6 heteroatoms. The van der Waals surface area contributed by atoms with E-state index >= 15 is 0 Å². The number of thiophene rings is 1. The lowest BCUT2D eigenvalue weighted by Gasteiger charge is -2.12. The second kappa shape index (κ2) is 5.25. The van der Waals surface area contributed by atoms with E-state index in [0.29, 0.717) is 23.4 Å². The maximum Gasteiger partial charge on any atom is 0.321 e. The van der Waals surface area contributed by atoms with E-state index in [4.69, 9.17) is 0 Å². The molecular weight excluding hydrogens is 276 g/mol. The van der Waals surface area contributed by atoms with Gasteiger partial charge in [0.25, 0.3) is 0 Å². The lowest BCUT2D eigenvalue weighted by Crippen LogP contribution is -2.32. The van der Waals surface area contributed by atoms with Crippen LogP contribution < -0.4 is 5.32 Å². The Hall–Kier alpha value is -1.87. The third-order valence-corrected chi connectivity index (χ3v) is 4.73. The van der Waals surface area contributed by atoms with Crippen molar-refractivity contribution in [3.8, 4) is 6.07 Å². The van der Waals surface area contributed by atoms with Crippen LogP contribution in [-0.2, 0) is 20.7 Å². The van der Waals surface area contributed by atoms with Gasteiger partial charge in [-0.3, -0.25) is 9.59 Å². The summed E-state index contributed by atoms with van der Waals surface area (Å²) in [6.07, 6.45) is 1.74. The van der Waals surface area contributed by atoms with Crippen molar-refractivity contribution in [2.45, 2.75) is 33.1 Å². The van der Waals surface area contributed by atoms with Gasteiger partial charge in [0, 0.05) is 4.88 Å². The van der Waals surface area contributed by atoms with E-state index in [-0.39, 0.29) is 5.91 Å². The van der Waals surface area contributed by atoms with Crippen LogP contribution in [0.3, 0.4) is 0 Å². The molecule has 106 valence electrons. The van der Waals surface area contributed by atoms with Crippen molar-refractivity contribution in [3.63, 3.8) is 0 Å². The molecule has 1 aromatic rings. The smallest absolute Gasteiger partial charge is 0.321 e. The molecule has 0 aliphatic heterocycles. The Bertz CT molecular complexity index is 609. The number of amides is 1. The fourth-order valence-electron chi connectivity index (χ4n) is 2.28. The van der Waals surface area contributed by atoms with Crippen molar-refractivity contribution >= 4 is 28.2 Å². The van der Waals surface area contributed by atoms with Crippen molar-refractivity contribution in [2.75, 3.05) is 12.4 Å². The predicted octanol–water partition coefficient (Wildman–Crippen LogP) is 2.38. The third-order valence-electron chi connectivity index (χ3n) is 3.66. The van der Waals surface area contributed by atoms with Crippen LogP contribution in [0.15, 0.2) is 0 Å². The summed E-state index contributed by atoms with van der Waals surface area (Å²) in [6.45, 7) is 3.89. The van der Waals surface area contributed by atoms with Gasteiger partial charge in [-0.05, 0) is 31.7 Å². The van der Waals surface area contributed by atoms with Crippen LogP contribution in [0.4, 0.5) is 5.00 Å². The van der Waals surface area contributed by atoms with Crippen LogP contribution >= 0.6 is 11.3 Å². The van der Waals surface area contributed by atoms with Crippen molar-refractivity contribution in [1.29, 1.82) is 5.26 Å². The lowest BCUT2D eigenvalue weighted by atomic mass is 10.1. The summed E-state index contributed by atoms with van der Waals surface area (Å²) < 4.78 is 4.68. The first-order chi connectivity index (χ1) is 9.50. The molecule has 1 saturated carbocycles. The highest BCUT2D eigenvalue weighted by atomic mass is 32.1. The summed E-state index contributed by atoms with van der Waals surface area (Å²) in [7, 11) is 1.28. The molecule has 20 heavy (non-hydrogen) atoms. The number of anilines is 1. The monoisotopic (exact) mass is 292 g/mol. The van der Waals surface area contributed by atoms with Crippen molar-refractivity contribution in [1.82, 2.24) is 0 Å². The van der Waals surface area contributed by atoms with E-state index in [0.717, 1.165) is 16.9 Å². The maximum absolute atomic E-state index is 12.3. The molecule has 0 saturated heterocycles. The van der Waals surface area contributed by atoms with Gasteiger partial charge in [-0.25, -0.2) is 0 Å². The minimum absolute atomic E-state index is 0.371. The van der Waals surface area contributed by atoms with Crippen LogP contribution in [0.5, 0.6) is 0 Å². The molecule has 1 fully saturated rings. The van der Waals surface area contributed by atoms with E-state index < -0.39 is 11.4 Å². The number of methoxy groups -OCH3 is 1. The van der Waals surface area contributed by atoms with Gasteiger partial charge >= 0.3 is 5.97 Å². The highest BCUT2D eigenvalue weighted by molar-refractivity contribution is 7.16. The number of esters is 1. The fraction of sp³-hybridized carbons (Fsp3) is 0.500. The largest absolute Gasteiger partial charge is 0.468 e. The molecule has 0 unspecified atom stereocenters. The summed E-state index contributed by atoms with van der Waals surface area (Å²) >= 11 is 1.38. The summed E-state index contributed by atoms with van der Waals surface area (Å²) in [5.74, 6) is -0.873. The second-order valence-corrected chi connectivity index (χ2v) is 6.06. The van der Waals surface area contributed by atoms with Crippen LogP contribution in [0.1, 0.15) is 35.8 Å². The molecule has 0 radical (unpaired) electrons. The highest BCUT2D eigenvalue weighted by Crippen LogP contribution is 2.48. The summed E-state index contributed by atoms with van der Waals surface area (Å²) in [4.78, 5) is 24.9. The van der Waals surface area contributed by atoms with Crippen LogP contribution in [0.2, 0.25) is 0 Å². The Kier molecular flexibility index (Phi) is 3.82. The molecule has 0 aromatic carbocycles. The van der Waals surface area contributed by atoms with Crippen LogP contribution in [0, 0.1) is 23.7 Å². The van der Waals surface area contributed by atoms with Gasteiger partial charge in [0.05, 0.1) is 12.7 Å². The third kappa shape index (κ3) is 2.18. The van der Waals surface area contributed by atoms with E-state index in [1.54, 1.807) is 0 Å². The summed E-state index contributed by atoms with van der Waals surface area (Å²) in [5.41, 5.74) is 0.408. The minimum atomic E-state index is -1.05. The zero-order chi connectivity index (χ0) is 14.9. The van der Waals surface area contributed by atoms with Crippen LogP contribution in [-0.4, -0.2) is 19.0 Å². The summed E-state index contributed by atoms with van der Waals surface area (Å²) in [6, 6.07) is 2.14. The van der Waals surface area contributed by atoms with E-state index in [1.807, 2.05) is 13.8 Å². The Morgan fingerprint density at radius 3 is 2.60 bits per heavy atom. The lowest BCUT2D eigenvalue weighted by molar-refractivity contribution is -0.150. The predicted molar refractivity (Wildman–Crippen MR) is 75.5 cm³/mol. The zero-order valence-corrected chi connectivity index (χ0v) is 12.5. The molecule has 1 amide bonds. The molecule has 0 spiro atoms. The normalized spacial score (nSPS) is 15.3. The van der Waals surface area contributed by atoms with E-state index in [1.165, 1.54) is 18.4 Å². The fourth-order valence-corrected chi connectivity index (χ4v) is 3.37. The molecule has 1 aromatic heterocycles. The number of hydrogen-bond donors (Lipinski definition) is 1. The first-order valence-corrected chi connectivity index (χ1v) is 7.24. The van der Waals surface area contributed by atoms with Crippen molar-refractivity contribution in [3.05, 3.63) is 16.0 Å². The number of carbonyl (C=O) groups excluding carboxylic acids is 2. The van der Waals surface area contributed by atoms with Gasteiger partial charge in [-0.2, -0.15) is 5.26 Å². The number of nitriles is 1. The van der Waals surface area contributed by atoms with Crippen molar-refractivity contribution < 1.29 is 14.3 Å². The van der Waals surface area contributed by atoms with Gasteiger partial charge in [0.1, 0.15) is 16.5 Å². The number of nitrogens with zero attached hydrogens (tertiary/aromatic N) is 1. The molecule has 0 atom stereocenters. The van der Waals surface area contributed by atoms with E-state index in [2.05, 4.69) is 16.1 Å². The Balaban J connectivity index is 2.26. The van der Waals surface area contributed by atoms with Gasteiger partial charge in [-0.1, -0.05) is 6.92 Å². The SMILES string of the molecule is CCc1c(C)sc(NC(=O)C2(C(=O)OC)CC2)c1C#N. The first kappa shape index (κ1) is 14.5. The minimum Gasteiger partial charge on any atom is -0.468 e. The number of aryl methyl sites for hydroxylation is 1. The maximum atomic E-state index is 12.3. The number of rotatable bonds is 4. The Morgan fingerprint density at radius 1 is 1.50 bits per heavy atom. The number of carbonyl (C=O) groups is 2.